The maximum absolute atomic E-state index is 5.44. The number of pyridine rings is 1. The van der Waals surface area contributed by atoms with Crippen molar-refractivity contribution in [3.63, 3.8) is 0 Å². The number of benzene rings is 6. The van der Waals surface area contributed by atoms with E-state index in [0.29, 0.717) is 17.6 Å². The zero-order chi connectivity index (χ0) is 33.7. The zero-order valence-corrected chi connectivity index (χ0v) is 27.7. The summed E-state index contributed by atoms with van der Waals surface area (Å²) in [4.78, 5) is 23.1. The summed E-state index contributed by atoms with van der Waals surface area (Å²) in [7, 11) is 0. The molecule has 5 nitrogen and oxygen atoms in total. The summed E-state index contributed by atoms with van der Waals surface area (Å²) in [5.74, 6) is 1.80. The van der Waals surface area contributed by atoms with E-state index in [1.807, 2.05) is 60.7 Å². The molecule has 0 atom stereocenters. The van der Waals surface area contributed by atoms with Crippen LogP contribution in [-0.2, 0) is 0 Å². The Morgan fingerprint density at radius 3 is 1.80 bits per heavy atom. The van der Waals surface area contributed by atoms with E-state index in [9.17, 15) is 0 Å². The summed E-state index contributed by atoms with van der Waals surface area (Å²) < 4.78 is 0. The molecule has 0 fully saturated rings. The lowest BCUT2D eigenvalue weighted by Gasteiger charge is -2.33. The minimum absolute atomic E-state index is 0.557. The Bertz CT molecular complexity index is 2620. The Labute approximate surface area is 296 Å². The molecule has 0 radical (unpaired) electrons. The second-order valence-corrected chi connectivity index (χ2v) is 12.9. The number of hydrogen-bond acceptors (Lipinski definition) is 5. The lowest BCUT2D eigenvalue weighted by molar-refractivity contribution is 1.02. The van der Waals surface area contributed by atoms with Crippen molar-refractivity contribution in [2.45, 2.75) is 12.8 Å². The van der Waals surface area contributed by atoms with Gasteiger partial charge in [-0.3, -0.25) is 4.90 Å². The van der Waals surface area contributed by atoms with Crippen LogP contribution in [0, 0.1) is 0 Å². The van der Waals surface area contributed by atoms with Crippen LogP contribution in [-0.4, -0.2) is 19.9 Å². The first-order valence-electron chi connectivity index (χ1n) is 17.4. The molecule has 1 aliphatic carbocycles. The van der Waals surface area contributed by atoms with Gasteiger partial charge in [0.05, 0.1) is 22.6 Å². The summed E-state index contributed by atoms with van der Waals surface area (Å²) >= 11 is 0. The maximum Gasteiger partial charge on any atom is 0.238 e. The van der Waals surface area contributed by atoms with Crippen LogP contribution in [0.4, 0.5) is 17.3 Å². The third-order valence-corrected chi connectivity index (χ3v) is 9.86. The second kappa shape index (κ2) is 12.0. The topological polar surface area (TPSA) is 54.8 Å². The zero-order valence-electron chi connectivity index (χ0n) is 27.7. The lowest BCUT2D eigenvalue weighted by atomic mass is 9.87. The summed E-state index contributed by atoms with van der Waals surface area (Å²) in [6, 6.07) is 50.5. The minimum atomic E-state index is 0.557. The van der Waals surface area contributed by atoms with Crippen molar-refractivity contribution >= 4 is 44.6 Å². The van der Waals surface area contributed by atoms with E-state index in [2.05, 4.69) is 108 Å². The molecule has 0 saturated heterocycles. The molecule has 6 aromatic carbocycles. The second-order valence-electron chi connectivity index (χ2n) is 12.9. The third-order valence-electron chi connectivity index (χ3n) is 9.86. The van der Waals surface area contributed by atoms with Gasteiger partial charge in [-0.2, -0.15) is 9.97 Å². The van der Waals surface area contributed by atoms with Crippen LogP contribution in [0.2, 0.25) is 0 Å². The number of anilines is 3. The first-order valence-corrected chi connectivity index (χ1v) is 17.4. The quantitative estimate of drug-likeness (QED) is 0.173. The average molecular weight is 654 g/mol. The maximum atomic E-state index is 5.44. The van der Waals surface area contributed by atoms with Crippen LogP contribution < -0.4 is 4.90 Å². The highest BCUT2D eigenvalue weighted by molar-refractivity contribution is 6.23. The fourth-order valence-electron chi connectivity index (χ4n) is 7.48. The summed E-state index contributed by atoms with van der Waals surface area (Å²) in [5, 5.41) is 3.40. The first kappa shape index (κ1) is 29.2. The van der Waals surface area contributed by atoms with Crippen molar-refractivity contribution in [2.75, 3.05) is 4.90 Å². The van der Waals surface area contributed by atoms with E-state index < -0.39 is 0 Å². The molecule has 2 aliphatic rings. The van der Waals surface area contributed by atoms with Gasteiger partial charge in [-0.15, -0.1) is 0 Å². The number of para-hydroxylation sites is 1. The molecule has 8 aromatic rings. The number of fused-ring (bicyclic) bond motifs is 4. The van der Waals surface area contributed by atoms with Crippen molar-refractivity contribution in [1.29, 1.82) is 0 Å². The lowest BCUT2D eigenvalue weighted by Crippen LogP contribution is -2.19. The molecule has 0 bridgehead atoms. The third kappa shape index (κ3) is 4.93. The Morgan fingerprint density at radius 2 is 1.12 bits per heavy atom. The monoisotopic (exact) mass is 653 g/mol. The van der Waals surface area contributed by atoms with Crippen molar-refractivity contribution in [3.8, 4) is 45.2 Å². The van der Waals surface area contributed by atoms with E-state index in [-0.39, 0.29) is 0 Å². The number of hydrogen-bond donors (Lipinski definition) is 0. The predicted molar refractivity (Wildman–Crippen MR) is 209 cm³/mol. The molecule has 2 aromatic heterocycles. The van der Waals surface area contributed by atoms with Crippen LogP contribution in [0.1, 0.15) is 18.4 Å². The van der Waals surface area contributed by atoms with Gasteiger partial charge in [-0.05, 0) is 59.4 Å². The van der Waals surface area contributed by atoms with Crippen LogP contribution in [0.15, 0.2) is 164 Å². The van der Waals surface area contributed by atoms with Crippen molar-refractivity contribution in [3.05, 3.63) is 169 Å². The Hall–Kier alpha value is -6.72. The Balaban J connectivity index is 1.32. The fourth-order valence-corrected chi connectivity index (χ4v) is 7.48. The minimum Gasteiger partial charge on any atom is -0.278 e. The molecular weight excluding hydrogens is 623 g/mol. The van der Waals surface area contributed by atoms with Gasteiger partial charge in [0.1, 0.15) is 0 Å². The molecule has 0 N–H and O–H groups in total. The molecule has 51 heavy (non-hydrogen) atoms. The molecule has 0 unspecified atom stereocenters. The van der Waals surface area contributed by atoms with Gasteiger partial charge < -0.3 is 0 Å². The SMILES string of the molecule is C1=CC(c2ccc3c4c(nc5ccccc5c24)-c2cc(-c4ccccc4)ccc2N3c2nc(-c3ccccc3)nc(-c3ccccc3)n2)=CCC1. The number of nitrogens with zero attached hydrogens (tertiary/aromatic N) is 5. The molecule has 0 spiro atoms. The molecule has 5 heteroatoms. The van der Waals surface area contributed by atoms with Gasteiger partial charge in [0.25, 0.3) is 0 Å². The van der Waals surface area contributed by atoms with Crippen molar-refractivity contribution < 1.29 is 0 Å². The number of aromatic nitrogens is 4. The normalized spacial score (nSPS) is 13.3. The van der Waals surface area contributed by atoms with E-state index in [0.717, 1.165) is 74.0 Å². The highest BCUT2D eigenvalue weighted by Gasteiger charge is 2.32. The van der Waals surface area contributed by atoms with Crippen molar-refractivity contribution in [1.82, 2.24) is 19.9 Å². The summed E-state index contributed by atoms with van der Waals surface area (Å²) in [6.07, 6.45) is 8.99. The van der Waals surface area contributed by atoms with E-state index >= 15 is 0 Å². The van der Waals surface area contributed by atoms with E-state index in [4.69, 9.17) is 19.9 Å². The Kier molecular flexibility index (Phi) is 6.88. The summed E-state index contributed by atoms with van der Waals surface area (Å²) in [6.45, 7) is 0. The fraction of sp³-hybridized carbons (Fsp3) is 0.0435. The highest BCUT2D eigenvalue weighted by atomic mass is 15.3. The first-order chi connectivity index (χ1) is 25.3. The molecule has 0 amide bonds. The van der Waals surface area contributed by atoms with E-state index in [1.54, 1.807) is 0 Å². The van der Waals surface area contributed by atoms with Crippen LogP contribution in [0.3, 0.4) is 0 Å². The molecular formula is C46H31N5. The van der Waals surface area contributed by atoms with Gasteiger partial charge in [0, 0.05) is 32.8 Å². The molecule has 1 aliphatic heterocycles. The van der Waals surface area contributed by atoms with Crippen LogP contribution >= 0.6 is 0 Å². The van der Waals surface area contributed by atoms with Gasteiger partial charge in [0.15, 0.2) is 11.6 Å². The predicted octanol–water partition coefficient (Wildman–Crippen LogP) is 11.8. The van der Waals surface area contributed by atoms with Crippen LogP contribution in [0.25, 0.3) is 72.4 Å². The summed E-state index contributed by atoms with van der Waals surface area (Å²) in [5.41, 5.74) is 11.5. The molecule has 0 saturated carbocycles. The average Bonchev–Trinajstić information content (AvgIpc) is 3.22. The van der Waals surface area contributed by atoms with Crippen LogP contribution in [0.5, 0.6) is 0 Å². The Morgan fingerprint density at radius 1 is 0.471 bits per heavy atom. The molecule has 3 heterocycles. The smallest absolute Gasteiger partial charge is 0.238 e. The number of rotatable bonds is 5. The molecule has 10 rings (SSSR count). The van der Waals surface area contributed by atoms with Gasteiger partial charge in [-0.1, -0.05) is 140 Å². The standard InChI is InChI=1S/C46H31N5/c1-5-15-30(16-6-1)34-25-27-39-37(29-34)43-42-40(28-26-35(31-17-7-2-8-18-31)41(42)36-23-13-14-24-38(36)47-43)51(39)46-49-44(32-19-9-3-10-20-32)48-45(50-46)33-21-11-4-12-22-33/h1,3-7,9-29H,2,8H2. The van der Waals surface area contributed by atoms with E-state index in [1.165, 1.54) is 16.5 Å². The van der Waals surface area contributed by atoms with Gasteiger partial charge >= 0.3 is 0 Å². The highest BCUT2D eigenvalue weighted by Crippen LogP contribution is 2.53. The van der Waals surface area contributed by atoms with Crippen molar-refractivity contribution in [2.24, 2.45) is 0 Å². The molecule has 240 valence electrons. The largest absolute Gasteiger partial charge is 0.278 e. The van der Waals surface area contributed by atoms with Gasteiger partial charge in [-0.25, -0.2) is 9.97 Å². The number of allylic oxidation sites excluding steroid dienone is 4. The van der Waals surface area contributed by atoms with Gasteiger partial charge in [0.2, 0.25) is 5.95 Å².